The molecule has 0 fully saturated rings. The minimum atomic E-state index is -0.455. The van der Waals surface area contributed by atoms with Crippen molar-refractivity contribution in [2.45, 2.75) is 20.4 Å². The number of aromatic amines is 1. The van der Waals surface area contributed by atoms with Gasteiger partial charge in [-0.15, -0.1) is 0 Å². The number of carbonyl (C=O) groups is 2. The van der Waals surface area contributed by atoms with Gasteiger partial charge in [0.05, 0.1) is 12.7 Å². The quantitative estimate of drug-likeness (QED) is 0.862. The zero-order valence-corrected chi connectivity index (χ0v) is 14.6. The lowest BCUT2D eigenvalue weighted by molar-refractivity contribution is 0.0599. The number of nitrogens with one attached hydrogen (secondary N) is 1. The molecule has 0 atom stereocenters. The van der Waals surface area contributed by atoms with Crippen molar-refractivity contribution in [3.63, 3.8) is 0 Å². The minimum Gasteiger partial charge on any atom is -0.465 e. The highest BCUT2D eigenvalue weighted by Gasteiger charge is 2.24. The summed E-state index contributed by atoms with van der Waals surface area (Å²) in [6, 6.07) is 5.58. The highest BCUT2D eigenvalue weighted by Crippen LogP contribution is 2.32. The highest BCUT2D eigenvalue weighted by molar-refractivity contribution is 6.00. The molecule has 3 rings (SSSR count). The Bertz CT molecular complexity index is 840. The fourth-order valence-electron chi connectivity index (χ4n) is 2.95. The zero-order chi connectivity index (χ0) is 18.1. The number of H-pyrrole nitrogens is 1. The van der Waals surface area contributed by atoms with E-state index >= 15 is 0 Å². The van der Waals surface area contributed by atoms with E-state index in [-0.39, 0.29) is 12.7 Å². The standard InChI is InChI=1S/C18H20N2O5/c1-10-15(18(22)23-4)11(2)19-16(10)17(21)20(3)8-12-5-6-13-14(7-12)25-9-24-13/h5-7,19H,8-9H2,1-4H3. The molecule has 0 aliphatic carbocycles. The summed E-state index contributed by atoms with van der Waals surface area (Å²) in [6.45, 7) is 4.09. The molecule has 1 amide bonds. The van der Waals surface area contributed by atoms with Crippen molar-refractivity contribution in [1.82, 2.24) is 9.88 Å². The van der Waals surface area contributed by atoms with E-state index in [2.05, 4.69) is 4.98 Å². The molecule has 7 heteroatoms. The first-order valence-electron chi connectivity index (χ1n) is 7.83. The second-order valence-electron chi connectivity index (χ2n) is 5.97. The average molecular weight is 344 g/mol. The van der Waals surface area contributed by atoms with E-state index in [1.54, 1.807) is 25.8 Å². The van der Waals surface area contributed by atoms with Crippen LogP contribution in [0.5, 0.6) is 11.5 Å². The van der Waals surface area contributed by atoms with Crippen LogP contribution >= 0.6 is 0 Å². The van der Waals surface area contributed by atoms with Gasteiger partial charge in [0, 0.05) is 19.3 Å². The Labute approximate surface area is 145 Å². The van der Waals surface area contributed by atoms with E-state index in [0.717, 1.165) is 5.56 Å². The third kappa shape index (κ3) is 3.05. The second kappa shape index (κ2) is 6.51. The number of aryl methyl sites for hydroxylation is 1. The number of amides is 1. The average Bonchev–Trinajstić information content (AvgIpc) is 3.17. The summed E-state index contributed by atoms with van der Waals surface area (Å²) < 4.78 is 15.4. The van der Waals surface area contributed by atoms with Gasteiger partial charge in [-0.3, -0.25) is 4.79 Å². The number of aromatic nitrogens is 1. The van der Waals surface area contributed by atoms with Crippen molar-refractivity contribution in [3.8, 4) is 11.5 Å². The molecule has 1 aromatic heterocycles. The van der Waals surface area contributed by atoms with Crippen LogP contribution in [0, 0.1) is 13.8 Å². The number of nitrogens with zero attached hydrogens (tertiary/aromatic N) is 1. The number of hydrogen-bond acceptors (Lipinski definition) is 5. The first-order valence-corrected chi connectivity index (χ1v) is 7.83. The van der Waals surface area contributed by atoms with Crippen molar-refractivity contribution in [2.24, 2.45) is 0 Å². The molecule has 1 aliphatic heterocycles. The molecule has 0 radical (unpaired) electrons. The zero-order valence-electron chi connectivity index (χ0n) is 14.6. The van der Waals surface area contributed by atoms with Gasteiger partial charge in [0.1, 0.15) is 5.69 Å². The molecule has 0 unspecified atom stereocenters. The van der Waals surface area contributed by atoms with E-state index in [0.29, 0.717) is 40.6 Å². The Hall–Kier alpha value is -2.96. The number of hydrogen-bond donors (Lipinski definition) is 1. The van der Waals surface area contributed by atoms with E-state index in [9.17, 15) is 9.59 Å². The van der Waals surface area contributed by atoms with Crippen molar-refractivity contribution < 1.29 is 23.8 Å². The Morgan fingerprint density at radius 1 is 1.24 bits per heavy atom. The van der Waals surface area contributed by atoms with Crippen molar-refractivity contribution >= 4 is 11.9 Å². The molecule has 132 valence electrons. The van der Waals surface area contributed by atoms with Crippen LogP contribution in [0.15, 0.2) is 18.2 Å². The van der Waals surface area contributed by atoms with Crippen molar-refractivity contribution in [2.75, 3.05) is 21.0 Å². The van der Waals surface area contributed by atoms with Crippen LogP contribution in [0.2, 0.25) is 0 Å². The molecular formula is C18H20N2O5. The molecule has 0 saturated heterocycles. The molecule has 25 heavy (non-hydrogen) atoms. The Morgan fingerprint density at radius 3 is 2.68 bits per heavy atom. The maximum absolute atomic E-state index is 12.8. The van der Waals surface area contributed by atoms with Crippen LogP contribution in [0.4, 0.5) is 0 Å². The summed E-state index contributed by atoms with van der Waals surface area (Å²) in [5.41, 5.74) is 2.92. The summed E-state index contributed by atoms with van der Waals surface area (Å²) in [5.74, 6) is 0.728. The van der Waals surface area contributed by atoms with Crippen LogP contribution in [-0.4, -0.2) is 42.7 Å². The molecule has 0 spiro atoms. The first kappa shape index (κ1) is 16.9. The SMILES string of the molecule is COC(=O)c1c(C)[nH]c(C(=O)N(C)Cc2ccc3c(c2)OCO3)c1C. The van der Waals surface area contributed by atoms with Crippen molar-refractivity contribution in [1.29, 1.82) is 0 Å². The summed E-state index contributed by atoms with van der Waals surface area (Å²) in [7, 11) is 3.03. The fraction of sp³-hybridized carbons (Fsp3) is 0.333. The molecule has 0 saturated carbocycles. The van der Waals surface area contributed by atoms with E-state index in [4.69, 9.17) is 14.2 Å². The maximum Gasteiger partial charge on any atom is 0.339 e. The second-order valence-corrected chi connectivity index (χ2v) is 5.97. The molecule has 2 aromatic rings. The number of carbonyl (C=O) groups excluding carboxylic acids is 2. The van der Waals surface area contributed by atoms with Gasteiger partial charge in [0.15, 0.2) is 11.5 Å². The summed E-state index contributed by atoms with van der Waals surface area (Å²) >= 11 is 0. The number of methoxy groups -OCH3 is 1. The van der Waals surface area contributed by atoms with Gasteiger partial charge in [0.2, 0.25) is 6.79 Å². The Kier molecular flexibility index (Phi) is 4.39. The van der Waals surface area contributed by atoms with E-state index in [1.807, 2.05) is 18.2 Å². The molecule has 1 N–H and O–H groups in total. The topological polar surface area (TPSA) is 80.9 Å². The number of benzene rings is 1. The lowest BCUT2D eigenvalue weighted by Crippen LogP contribution is -2.27. The molecule has 2 heterocycles. The van der Waals surface area contributed by atoms with E-state index < -0.39 is 5.97 Å². The highest BCUT2D eigenvalue weighted by atomic mass is 16.7. The normalized spacial score (nSPS) is 12.2. The minimum absolute atomic E-state index is 0.201. The van der Waals surface area contributed by atoms with Gasteiger partial charge in [-0.25, -0.2) is 4.79 Å². The van der Waals surface area contributed by atoms with Crippen LogP contribution in [0.1, 0.15) is 37.7 Å². The third-order valence-electron chi connectivity index (χ3n) is 4.24. The summed E-state index contributed by atoms with van der Waals surface area (Å²) in [4.78, 5) is 29.2. The fourth-order valence-corrected chi connectivity index (χ4v) is 2.95. The number of esters is 1. The van der Waals surface area contributed by atoms with Gasteiger partial charge in [0.25, 0.3) is 5.91 Å². The smallest absolute Gasteiger partial charge is 0.339 e. The largest absolute Gasteiger partial charge is 0.465 e. The number of ether oxygens (including phenoxy) is 3. The van der Waals surface area contributed by atoms with Gasteiger partial charge in [-0.2, -0.15) is 0 Å². The first-order chi connectivity index (χ1) is 11.9. The number of fused-ring (bicyclic) bond motifs is 1. The van der Waals surface area contributed by atoms with Gasteiger partial charge in [-0.05, 0) is 37.1 Å². The van der Waals surface area contributed by atoms with Crippen molar-refractivity contribution in [3.05, 3.63) is 46.3 Å². The predicted molar refractivity (Wildman–Crippen MR) is 90.0 cm³/mol. The molecular weight excluding hydrogens is 324 g/mol. The van der Waals surface area contributed by atoms with Crippen LogP contribution in [0.25, 0.3) is 0 Å². The van der Waals surface area contributed by atoms with Crippen LogP contribution in [0.3, 0.4) is 0 Å². The molecule has 7 nitrogen and oxygen atoms in total. The van der Waals surface area contributed by atoms with Crippen LogP contribution < -0.4 is 9.47 Å². The van der Waals surface area contributed by atoms with E-state index in [1.165, 1.54) is 7.11 Å². The van der Waals surface area contributed by atoms with Crippen LogP contribution in [-0.2, 0) is 11.3 Å². The number of rotatable bonds is 4. The van der Waals surface area contributed by atoms with Gasteiger partial charge in [-0.1, -0.05) is 6.07 Å². The summed E-state index contributed by atoms with van der Waals surface area (Å²) in [5, 5.41) is 0. The van der Waals surface area contributed by atoms with Gasteiger partial charge < -0.3 is 24.1 Å². The molecule has 1 aliphatic rings. The Balaban J connectivity index is 1.80. The Morgan fingerprint density at radius 2 is 1.96 bits per heavy atom. The predicted octanol–water partition coefficient (Wildman–Crippen LogP) is 2.42. The lowest BCUT2D eigenvalue weighted by Gasteiger charge is -2.17. The monoisotopic (exact) mass is 344 g/mol. The maximum atomic E-state index is 12.8. The molecule has 1 aromatic carbocycles. The molecule has 0 bridgehead atoms. The lowest BCUT2D eigenvalue weighted by atomic mass is 10.1. The third-order valence-corrected chi connectivity index (χ3v) is 4.24. The van der Waals surface area contributed by atoms with Gasteiger partial charge >= 0.3 is 5.97 Å². The summed E-state index contributed by atoms with van der Waals surface area (Å²) in [6.07, 6.45) is 0.